The minimum Gasteiger partial charge on any atom is -0.381 e. The van der Waals surface area contributed by atoms with E-state index in [1.807, 2.05) is 6.92 Å². The van der Waals surface area contributed by atoms with Crippen LogP contribution in [0.3, 0.4) is 0 Å². The average Bonchev–Trinajstić information content (AvgIpc) is 2.29. The van der Waals surface area contributed by atoms with Crippen molar-refractivity contribution in [3.63, 3.8) is 0 Å². The summed E-state index contributed by atoms with van der Waals surface area (Å²) in [4.78, 5) is 0. The zero-order chi connectivity index (χ0) is 13.1. The standard InChI is InChI=1S/C12H24N2O3S/c1-12(4-8-17-9-5-12)14-18(15,16)10-11-2-6-13-7-3-11/h11,13-14H,2-10H2,1H3. The smallest absolute Gasteiger partial charge is 0.212 e. The maximum Gasteiger partial charge on any atom is 0.212 e. The number of rotatable bonds is 4. The van der Waals surface area contributed by atoms with Gasteiger partial charge in [0, 0.05) is 18.8 Å². The molecule has 0 saturated carbocycles. The summed E-state index contributed by atoms with van der Waals surface area (Å²) in [5.41, 5.74) is -0.315. The number of hydrogen-bond acceptors (Lipinski definition) is 4. The van der Waals surface area contributed by atoms with Gasteiger partial charge in [0.05, 0.1) is 5.75 Å². The Balaban J connectivity index is 1.89. The zero-order valence-electron chi connectivity index (χ0n) is 11.1. The molecule has 2 N–H and O–H groups in total. The van der Waals surface area contributed by atoms with Gasteiger partial charge in [0.25, 0.3) is 0 Å². The fraction of sp³-hybridized carbons (Fsp3) is 1.00. The van der Waals surface area contributed by atoms with Crippen molar-refractivity contribution in [1.82, 2.24) is 10.0 Å². The zero-order valence-corrected chi connectivity index (χ0v) is 11.9. The molecule has 0 amide bonds. The van der Waals surface area contributed by atoms with E-state index < -0.39 is 10.0 Å². The number of nitrogens with one attached hydrogen (secondary N) is 2. The number of sulfonamides is 1. The van der Waals surface area contributed by atoms with Crippen LogP contribution in [0.2, 0.25) is 0 Å². The number of piperidine rings is 1. The van der Waals surface area contributed by atoms with E-state index in [-0.39, 0.29) is 11.3 Å². The van der Waals surface area contributed by atoms with Crippen LogP contribution in [0.5, 0.6) is 0 Å². The molecule has 106 valence electrons. The van der Waals surface area contributed by atoms with Crippen molar-refractivity contribution in [1.29, 1.82) is 0 Å². The first-order valence-electron chi connectivity index (χ1n) is 6.79. The Kier molecular flexibility index (Phi) is 4.64. The van der Waals surface area contributed by atoms with Crippen LogP contribution in [-0.2, 0) is 14.8 Å². The van der Waals surface area contributed by atoms with E-state index in [1.54, 1.807) is 0 Å². The molecule has 0 atom stereocenters. The van der Waals surface area contributed by atoms with Gasteiger partial charge in [0.15, 0.2) is 0 Å². The molecule has 18 heavy (non-hydrogen) atoms. The van der Waals surface area contributed by atoms with Gasteiger partial charge in [0.2, 0.25) is 10.0 Å². The number of hydrogen-bond donors (Lipinski definition) is 2. The van der Waals surface area contributed by atoms with Crippen molar-refractivity contribution in [2.24, 2.45) is 5.92 Å². The van der Waals surface area contributed by atoms with Gasteiger partial charge < -0.3 is 10.1 Å². The lowest BCUT2D eigenvalue weighted by Crippen LogP contribution is -2.51. The molecule has 0 aliphatic carbocycles. The monoisotopic (exact) mass is 276 g/mol. The quantitative estimate of drug-likeness (QED) is 0.783. The maximum absolute atomic E-state index is 12.2. The topological polar surface area (TPSA) is 67.4 Å². The molecule has 0 aromatic heterocycles. The van der Waals surface area contributed by atoms with Crippen LogP contribution in [0, 0.1) is 5.92 Å². The van der Waals surface area contributed by atoms with Crippen LogP contribution in [0.4, 0.5) is 0 Å². The summed E-state index contributed by atoms with van der Waals surface area (Å²) in [5, 5.41) is 3.26. The molecule has 2 fully saturated rings. The van der Waals surface area contributed by atoms with Crippen molar-refractivity contribution in [3.8, 4) is 0 Å². The second-order valence-corrected chi connectivity index (χ2v) is 7.52. The first-order valence-corrected chi connectivity index (χ1v) is 8.44. The molecule has 6 heteroatoms. The Hall–Kier alpha value is -0.170. The molecule has 2 aliphatic rings. The fourth-order valence-corrected chi connectivity index (χ4v) is 4.69. The minimum absolute atomic E-state index is 0.269. The lowest BCUT2D eigenvalue weighted by Gasteiger charge is -2.34. The Morgan fingerprint density at radius 3 is 2.50 bits per heavy atom. The van der Waals surface area contributed by atoms with Crippen LogP contribution in [0.1, 0.15) is 32.6 Å². The van der Waals surface area contributed by atoms with Crippen molar-refractivity contribution in [2.75, 3.05) is 32.1 Å². The molecule has 2 aliphatic heterocycles. The fourth-order valence-electron chi connectivity index (χ4n) is 2.70. The van der Waals surface area contributed by atoms with E-state index in [4.69, 9.17) is 4.74 Å². The highest BCUT2D eigenvalue weighted by Gasteiger charge is 2.33. The summed E-state index contributed by atoms with van der Waals surface area (Å²) < 4.78 is 32.6. The van der Waals surface area contributed by atoms with Gasteiger partial charge in [-0.25, -0.2) is 13.1 Å². The van der Waals surface area contributed by atoms with E-state index in [0.29, 0.717) is 19.1 Å². The van der Waals surface area contributed by atoms with Crippen LogP contribution >= 0.6 is 0 Å². The Morgan fingerprint density at radius 1 is 1.28 bits per heavy atom. The van der Waals surface area contributed by atoms with Gasteiger partial charge >= 0.3 is 0 Å². The van der Waals surface area contributed by atoms with Crippen LogP contribution in [-0.4, -0.2) is 46.0 Å². The summed E-state index contributed by atoms with van der Waals surface area (Å²) in [6.07, 6.45) is 3.44. The second-order valence-electron chi connectivity index (χ2n) is 5.75. The predicted octanol–water partition coefficient (Wildman–Crippen LogP) is 0.475. The summed E-state index contributed by atoms with van der Waals surface area (Å²) in [7, 11) is -3.17. The SMILES string of the molecule is CC1(NS(=O)(=O)CC2CCNCC2)CCOCC1. The Labute approximate surface area is 110 Å². The molecule has 0 aromatic carbocycles. The third kappa shape index (κ3) is 4.19. The van der Waals surface area contributed by atoms with Crippen LogP contribution < -0.4 is 10.0 Å². The highest BCUT2D eigenvalue weighted by atomic mass is 32.2. The summed E-state index contributed by atoms with van der Waals surface area (Å²) in [5.74, 6) is 0.567. The van der Waals surface area contributed by atoms with Crippen molar-refractivity contribution in [3.05, 3.63) is 0 Å². The van der Waals surface area contributed by atoms with E-state index in [2.05, 4.69) is 10.0 Å². The van der Waals surface area contributed by atoms with Gasteiger partial charge in [-0.05, 0) is 51.6 Å². The average molecular weight is 276 g/mol. The highest BCUT2D eigenvalue weighted by molar-refractivity contribution is 7.89. The van der Waals surface area contributed by atoms with Crippen molar-refractivity contribution < 1.29 is 13.2 Å². The molecule has 0 spiro atoms. The molecule has 0 radical (unpaired) electrons. The summed E-state index contributed by atoms with van der Waals surface area (Å²) in [6.45, 7) is 5.14. The molecule has 0 unspecified atom stereocenters. The highest BCUT2D eigenvalue weighted by Crippen LogP contribution is 2.22. The van der Waals surface area contributed by atoms with Gasteiger partial charge in [-0.15, -0.1) is 0 Å². The first-order chi connectivity index (χ1) is 8.49. The molecule has 0 aromatic rings. The van der Waals surface area contributed by atoms with Gasteiger partial charge in [-0.2, -0.15) is 0 Å². The lowest BCUT2D eigenvalue weighted by molar-refractivity contribution is 0.0537. The van der Waals surface area contributed by atoms with E-state index >= 15 is 0 Å². The number of ether oxygens (including phenoxy) is 1. The normalized spacial score (nSPS) is 26.1. The van der Waals surface area contributed by atoms with Gasteiger partial charge in [-0.3, -0.25) is 0 Å². The molecular weight excluding hydrogens is 252 g/mol. The summed E-state index contributed by atoms with van der Waals surface area (Å²) >= 11 is 0. The van der Waals surface area contributed by atoms with Crippen LogP contribution in [0.15, 0.2) is 0 Å². The third-order valence-electron chi connectivity index (χ3n) is 3.91. The second kappa shape index (κ2) is 5.86. The minimum atomic E-state index is -3.17. The molecule has 2 saturated heterocycles. The Bertz CT molecular complexity index is 358. The van der Waals surface area contributed by atoms with Crippen molar-refractivity contribution in [2.45, 2.75) is 38.1 Å². The van der Waals surface area contributed by atoms with E-state index in [9.17, 15) is 8.42 Å². The molecule has 0 bridgehead atoms. The van der Waals surface area contributed by atoms with E-state index in [1.165, 1.54) is 0 Å². The molecule has 2 heterocycles. The van der Waals surface area contributed by atoms with Crippen molar-refractivity contribution >= 4 is 10.0 Å². The van der Waals surface area contributed by atoms with Gasteiger partial charge in [0.1, 0.15) is 0 Å². The Morgan fingerprint density at radius 2 is 1.89 bits per heavy atom. The van der Waals surface area contributed by atoms with Crippen LogP contribution in [0.25, 0.3) is 0 Å². The molecule has 5 nitrogen and oxygen atoms in total. The van der Waals surface area contributed by atoms with Gasteiger partial charge in [-0.1, -0.05) is 0 Å². The first kappa shape index (κ1) is 14.2. The van der Waals surface area contributed by atoms with E-state index in [0.717, 1.165) is 38.8 Å². The lowest BCUT2D eigenvalue weighted by atomic mass is 9.94. The summed E-state index contributed by atoms with van der Waals surface area (Å²) in [6, 6.07) is 0. The largest absolute Gasteiger partial charge is 0.381 e. The maximum atomic E-state index is 12.2. The third-order valence-corrected chi connectivity index (χ3v) is 5.63. The molecule has 2 rings (SSSR count). The predicted molar refractivity (Wildman–Crippen MR) is 71.0 cm³/mol. The molecular formula is C12H24N2O3S.